The fraction of sp³-hybridized carbons (Fsp3) is 0. The molecule has 0 aliphatic rings. The van der Waals surface area contributed by atoms with E-state index in [1.165, 1.54) is 0 Å². The molecule has 0 saturated heterocycles. The Morgan fingerprint density at radius 3 is 1.62 bits per heavy atom. The fourth-order valence-electron chi connectivity index (χ4n) is 10.2. The lowest BCUT2D eigenvalue weighted by Crippen LogP contribution is -2.01. The number of fused-ring (bicyclic) bond motifs is 9. The molecule has 6 nitrogen and oxygen atoms in total. The average molecular weight is 883 g/mol. The summed E-state index contributed by atoms with van der Waals surface area (Å²) in [6.07, 6.45) is 0. The lowest BCUT2D eigenvalue weighted by Gasteiger charge is -2.15. The summed E-state index contributed by atoms with van der Waals surface area (Å²) in [6.45, 7) is 0. The molecule has 0 saturated carbocycles. The summed E-state index contributed by atoms with van der Waals surface area (Å²) in [6, 6.07) is 80.7. The number of para-hydroxylation sites is 4. The molecule has 4 heterocycles. The van der Waals surface area contributed by atoms with E-state index in [0.717, 1.165) is 121 Å². The standard InChI is InChI=1S/C63H38N4O2/c1-3-16-39(17-4-1)45-36-53(42-21-13-20-41(34-42)47-27-15-28-52-50-26-9-12-31-57(50)69-60(47)52)59-54(37-45)48-24-7-10-29-55(48)67(59)46-23-14-22-43(35-46)62-64-61(40-18-5-2-6-19-40)65-63(66-62)44-32-33-51-49-25-8-11-30-56(49)68-58(51)38-44/h1-38H. The van der Waals surface area contributed by atoms with E-state index in [2.05, 4.69) is 168 Å². The zero-order valence-electron chi connectivity index (χ0n) is 37.0. The van der Waals surface area contributed by atoms with Gasteiger partial charge in [-0.2, -0.15) is 0 Å². The van der Waals surface area contributed by atoms with Gasteiger partial charge in [0.15, 0.2) is 17.5 Å². The van der Waals surface area contributed by atoms with Gasteiger partial charge in [-0.3, -0.25) is 0 Å². The van der Waals surface area contributed by atoms with Crippen LogP contribution in [0.3, 0.4) is 0 Å². The monoisotopic (exact) mass is 882 g/mol. The second-order valence-corrected chi connectivity index (χ2v) is 17.5. The molecular formula is C63H38N4O2. The predicted molar refractivity (Wildman–Crippen MR) is 281 cm³/mol. The van der Waals surface area contributed by atoms with Crippen molar-refractivity contribution >= 4 is 65.7 Å². The van der Waals surface area contributed by atoms with Crippen molar-refractivity contribution in [3.63, 3.8) is 0 Å². The lowest BCUT2D eigenvalue weighted by molar-refractivity contribution is 0.669. The predicted octanol–water partition coefficient (Wildman–Crippen LogP) is 16.8. The van der Waals surface area contributed by atoms with E-state index in [-0.39, 0.29) is 0 Å². The number of rotatable bonds is 7. The first-order valence-electron chi connectivity index (χ1n) is 23.2. The number of aromatic nitrogens is 4. The Kier molecular flexibility index (Phi) is 8.79. The largest absolute Gasteiger partial charge is 0.456 e. The van der Waals surface area contributed by atoms with Crippen molar-refractivity contribution in [3.8, 4) is 73.2 Å². The molecule has 0 unspecified atom stereocenters. The van der Waals surface area contributed by atoms with Crippen LogP contribution in [-0.4, -0.2) is 19.5 Å². The van der Waals surface area contributed by atoms with E-state index in [9.17, 15) is 0 Å². The molecule has 0 bridgehead atoms. The van der Waals surface area contributed by atoms with Crippen LogP contribution in [0.1, 0.15) is 0 Å². The summed E-state index contributed by atoms with van der Waals surface area (Å²) < 4.78 is 15.3. The van der Waals surface area contributed by atoms with E-state index in [1.54, 1.807) is 0 Å². The van der Waals surface area contributed by atoms with Crippen molar-refractivity contribution in [2.75, 3.05) is 0 Å². The number of hydrogen-bond acceptors (Lipinski definition) is 5. The molecule has 0 aliphatic carbocycles. The van der Waals surface area contributed by atoms with Gasteiger partial charge in [0, 0.05) is 65.8 Å². The Labute approximate surface area is 396 Å². The van der Waals surface area contributed by atoms with Gasteiger partial charge in [-0.1, -0.05) is 170 Å². The molecule has 4 aromatic heterocycles. The first-order chi connectivity index (χ1) is 34.2. The van der Waals surface area contributed by atoms with Crippen molar-refractivity contribution in [2.24, 2.45) is 0 Å². The number of nitrogens with zero attached hydrogens (tertiary/aromatic N) is 4. The van der Waals surface area contributed by atoms with Crippen LogP contribution in [0.15, 0.2) is 239 Å². The number of hydrogen-bond donors (Lipinski definition) is 0. The van der Waals surface area contributed by atoms with E-state index in [1.807, 2.05) is 66.7 Å². The Morgan fingerprint density at radius 2 is 0.841 bits per heavy atom. The van der Waals surface area contributed by atoms with Crippen LogP contribution in [0.2, 0.25) is 0 Å². The average Bonchev–Trinajstić information content (AvgIpc) is 4.11. The SMILES string of the molecule is c1ccc(-c2cc(-c3cccc(-c4cccc5c4oc4ccccc45)c3)c3c(c2)c2ccccc2n3-c2cccc(-c3nc(-c4ccccc4)nc(-c4ccc5c(c4)oc4ccccc45)n3)c2)cc1. The zero-order valence-corrected chi connectivity index (χ0v) is 37.0. The molecule has 6 heteroatoms. The van der Waals surface area contributed by atoms with Gasteiger partial charge in [0.2, 0.25) is 0 Å². The zero-order chi connectivity index (χ0) is 45.4. The second kappa shape index (κ2) is 15.6. The third-order valence-corrected chi connectivity index (χ3v) is 13.4. The number of furan rings is 2. The van der Waals surface area contributed by atoms with Crippen LogP contribution in [0.5, 0.6) is 0 Å². The van der Waals surface area contributed by atoms with E-state index in [0.29, 0.717) is 17.5 Å². The minimum Gasteiger partial charge on any atom is -0.456 e. The van der Waals surface area contributed by atoms with Gasteiger partial charge in [-0.15, -0.1) is 0 Å². The molecule has 0 radical (unpaired) electrons. The smallest absolute Gasteiger partial charge is 0.164 e. The third-order valence-electron chi connectivity index (χ3n) is 13.4. The summed E-state index contributed by atoms with van der Waals surface area (Å²) in [7, 11) is 0. The molecular weight excluding hydrogens is 845 g/mol. The third kappa shape index (κ3) is 6.45. The summed E-state index contributed by atoms with van der Waals surface area (Å²) in [5, 5.41) is 6.67. The molecule has 10 aromatic carbocycles. The van der Waals surface area contributed by atoms with Crippen molar-refractivity contribution in [1.29, 1.82) is 0 Å². The Balaban J connectivity index is 0.974. The molecule has 0 aliphatic heterocycles. The highest BCUT2D eigenvalue weighted by Crippen LogP contribution is 2.44. The van der Waals surface area contributed by atoms with E-state index in [4.69, 9.17) is 23.8 Å². The highest BCUT2D eigenvalue weighted by atomic mass is 16.3. The quantitative estimate of drug-likeness (QED) is 0.159. The van der Waals surface area contributed by atoms with Crippen molar-refractivity contribution in [2.45, 2.75) is 0 Å². The Bertz CT molecular complexity index is 4320. The highest BCUT2D eigenvalue weighted by Gasteiger charge is 2.21. The topological polar surface area (TPSA) is 69.9 Å². The van der Waals surface area contributed by atoms with Crippen LogP contribution >= 0.6 is 0 Å². The highest BCUT2D eigenvalue weighted by molar-refractivity contribution is 6.16. The molecule has 0 fully saturated rings. The van der Waals surface area contributed by atoms with Gasteiger partial charge >= 0.3 is 0 Å². The van der Waals surface area contributed by atoms with Gasteiger partial charge in [0.05, 0.1) is 11.0 Å². The van der Waals surface area contributed by atoms with Crippen LogP contribution in [0, 0.1) is 0 Å². The minimum atomic E-state index is 0.567. The second-order valence-electron chi connectivity index (χ2n) is 17.5. The number of benzene rings is 10. The molecule has 0 amide bonds. The Morgan fingerprint density at radius 1 is 0.290 bits per heavy atom. The molecule has 0 spiro atoms. The van der Waals surface area contributed by atoms with Crippen molar-refractivity contribution in [3.05, 3.63) is 231 Å². The lowest BCUT2D eigenvalue weighted by atomic mass is 9.93. The van der Waals surface area contributed by atoms with Gasteiger partial charge in [0.25, 0.3) is 0 Å². The van der Waals surface area contributed by atoms with Crippen LogP contribution in [-0.2, 0) is 0 Å². The maximum absolute atomic E-state index is 6.57. The maximum atomic E-state index is 6.57. The van der Waals surface area contributed by atoms with Gasteiger partial charge in [-0.05, 0) is 82.9 Å². The van der Waals surface area contributed by atoms with Gasteiger partial charge in [0.1, 0.15) is 22.3 Å². The van der Waals surface area contributed by atoms with E-state index >= 15 is 0 Å². The van der Waals surface area contributed by atoms with E-state index < -0.39 is 0 Å². The minimum absolute atomic E-state index is 0.567. The van der Waals surface area contributed by atoms with Crippen LogP contribution < -0.4 is 0 Å². The van der Waals surface area contributed by atoms with Crippen LogP contribution in [0.25, 0.3) is 139 Å². The molecule has 0 N–H and O–H groups in total. The molecule has 0 atom stereocenters. The molecule has 69 heavy (non-hydrogen) atoms. The molecule has 322 valence electrons. The van der Waals surface area contributed by atoms with Gasteiger partial charge in [-0.25, -0.2) is 15.0 Å². The van der Waals surface area contributed by atoms with Crippen molar-refractivity contribution in [1.82, 2.24) is 19.5 Å². The summed E-state index contributed by atoms with van der Waals surface area (Å²) in [5.41, 5.74) is 15.9. The van der Waals surface area contributed by atoms with Gasteiger partial charge < -0.3 is 13.4 Å². The maximum Gasteiger partial charge on any atom is 0.164 e. The molecule has 14 aromatic rings. The normalized spacial score (nSPS) is 11.8. The fourth-order valence-corrected chi connectivity index (χ4v) is 10.2. The summed E-state index contributed by atoms with van der Waals surface area (Å²) in [4.78, 5) is 15.5. The summed E-state index contributed by atoms with van der Waals surface area (Å²) in [5.74, 6) is 1.74. The first kappa shape index (κ1) is 38.8. The van der Waals surface area contributed by atoms with Crippen molar-refractivity contribution < 1.29 is 8.83 Å². The summed E-state index contributed by atoms with van der Waals surface area (Å²) >= 11 is 0. The first-order valence-corrected chi connectivity index (χ1v) is 23.2. The molecule has 14 rings (SSSR count). The van der Waals surface area contributed by atoms with Crippen LogP contribution in [0.4, 0.5) is 0 Å². The Hall–Kier alpha value is -9.39.